The van der Waals surface area contributed by atoms with Crippen molar-refractivity contribution in [3.8, 4) is 11.1 Å². The molecule has 1 atom stereocenters. The van der Waals surface area contributed by atoms with Crippen LogP contribution in [0.25, 0.3) is 28.3 Å². The van der Waals surface area contributed by atoms with Crippen LogP contribution in [0, 0.1) is 18.8 Å². The number of hydrogen-bond donors (Lipinski definition) is 1. The molecule has 6 nitrogen and oxygen atoms in total. The molecule has 1 unspecified atom stereocenters. The van der Waals surface area contributed by atoms with E-state index in [1.54, 1.807) is 0 Å². The maximum atomic E-state index is 11.9. The number of likely N-dealkylation sites (tertiary alicyclic amines) is 1. The van der Waals surface area contributed by atoms with E-state index >= 15 is 0 Å². The van der Waals surface area contributed by atoms with Crippen molar-refractivity contribution >= 4 is 40.8 Å². The van der Waals surface area contributed by atoms with Gasteiger partial charge >= 0.3 is 11.9 Å². The molecule has 45 heavy (non-hydrogen) atoms. The highest BCUT2D eigenvalue weighted by atomic mass is 35.5. The maximum absolute atomic E-state index is 11.9. The molecule has 2 heterocycles. The van der Waals surface area contributed by atoms with E-state index in [-0.39, 0.29) is 18.3 Å². The first-order valence-electron chi connectivity index (χ1n) is 16.1. The normalized spacial score (nSPS) is 22.7. The van der Waals surface area contributed by atoms with Crippen LogP contribution in [0.1, 0.15) is 77.6 Å². The summed E-state index contributed by atoms with van der Waals surface area (Å²) in [5, 5.41) is 10.4. The number of nitrogens with zero attached hydrogens (tertiary/aromatic N) is 2. The Morgan fingerprint density at radius 3 is 2.51 bits per heavy atom. The number of hydrogen-bond acceptors (Lipinski definition) is 5. The van der Waals surface area contributed by atoms with Crippen LogP contribution in [0.3, 0.4) is 0 Å². The average Bonchev–Trinajstić information content (AvgIpc) is 3.58. The second-order valence-electron chi connectivity index (χ2n) is 13.3. The molecule has 1 N–H and O–H groups in total. The van der Waals surface area contributed by atoms with Crippen LogP contribution in [0.15, 0.2) is 48.7 Å². The van der Waals surface area contributed by atoms with Crippen molar-refractivity contribution in [3.63, 3.8) is 0 Å². The molecule has 232 valence electrons. The lowest BCUT2D eigenvalue weighted by atomic mass is 9.77. The van der Waals surface area contributed by atoms with Crippen molar-refractivity contribution in [2.24, 2.45) is 11.8 Å². The summed E-state index contributed by atoms with van der Waals surface area (Å²) in [5.41, 5.74) is 12.4. The number of rotatable bonds is 7. The van der Waals surface area contributed by atoms with Crippen LogP contribution in [0.4, 0.5) is 0 Å². The minimum atomic E-state index is -0.834. The number of carbonyl (C=O) groups excluding carboxylic acids is 1. The summed E-state index contributed by atoms with van der Waals surface area (Å²) in [6.07, 6.45) is 11.5. The van der Waals surface area contributed by atoms with Crippen molar-refractivity contribution in [1.82, 2.24) is 9.88 Å². The number of esters is 1. The number of carbonyl (C=O) groups is 2. The first-order chi connectivity index (χ1) is 21.7. The van der Waals surface area contributed by atoms with E-state index in [2.05, 4.69) is 36.1 Å². The zero-order valence-corrected chi connectivity index (χ0v) is 26.9. The van der Waals surface area contributed by atoms with Gasteiger partial charge in [-0.3, -0.25) is 14.6 Å². The number of benzene rings is 2. The van der Waals surface area contributed by atoms with Crippen molar-refractivity contribution in [1.29, 1.82) is 0 Å². The molecule has 1 saturated carbocycles. The molecular weight excluding hydrogens is 584 g/mol. The van der Waals surface area contributed by atoms with E-state index in [1.807, 2.05) is 37.4 Å². The Morgan fingerprint density at radius 2 is 1.82 bits per heavy atom. The number of pyridine rings is 1. The summed E-state index contributed by atoms with van der Waals surface area (Å²) in [5.74, 6) is -0.0327. The monoisotopic (exact) mass is 622 g/mol. The molecule has 2 aromatic carbocycles. The third kappa shape index (κ3) is 5.53. The van der Waals surface area contributed by atoms with Gasteiger partial charge in [0.15, 0.2) is 0 Å². The summed E-state index contributed by atoms with van der Waals surface area (Å²) >= 11 is 6.22. The zero-order chi connectivity index (χ0) is 31.4. The van der Waals surface area contributed by atoms with Gasteiger partial charge < -0.3 is 14.7 Å². The molecule has 2 fully saturated rings. The number of aromatic nitrogens is 1. The fourth-order valence-corrected chi connectivity index (χ4v) is 8.19. The molecular formula is C38H39ClN2O4. The van der Waals surface area contributed by atoms with Gasteiger partial charge in [0.2, 0.25) is 0 Å². The summed E-state index contributed by atoms with van der Waals surface area (Å²) < 4.78 is 4.94. The molecule has 0 bridgehead atoms. The van der Waals surface area contributed by atoms with Gasteiger partial charge in [-0.05, 0) is 126 Å². The molecule has 0 radical (unpaired) electrons. The lowest BCUT2D eigenvalue weighted by molar-refractivity contribution is -0.151. The number of piperidine rings is 1. The first-order valence-corrected chi connectivity index (χ1v) is 16.5. The molecule has 7 rings (SSSR count). The molecule has 4 aliphatic rings. The van der Waals surface area contributed by atoms with Crippen molar-refractivity contribution in [3.05, 3.63) is 92.8 Å². The van der Waals surface area contributed by atoms with Gasteiger partial charge in [0.05, 0.1) is 25.1 Å². The minimum absolute atomic E-state index is 0.0235. The van der Waals surface area contributed by atoms with E-state index in [4.69, 9.17) is 21.3 Å². The number of aliphatic carboxylic acids is 1. The Hall–Kier alpha value is -3.74. The van der Waals surface area contributed by atoms with Gasteiger partial charge in [-0.1, -0.05) is 48.9 Å². The maximum Gasteiger partial charge on any atom is 0.308 e. The third-order valence-electron chi connectivity index (χ3n) is 10.6. The van der Waals surface area contributed by atoms with Gasteiger partial charge in [0, 0.05) is 28.7 Å². The van der Waals surface area contributed by atoms with Crippen LogP contribution in [-0.2, 0) is 27.2 Å². The van der Waals surface area contributed by atoms with Gasteiger partial charge in [0.25, 0.3) is 0 Å². The van der Waals surface area contributed by atoms with Gasteiger partial charge in [-0.15, -0.1) is 0 Å². The number of ether oxygens (including phenoxy) is 1. The Morgan fingerprint density at radius 1 is 1.09 bits per heavy atom. The van der Waals surface area contributed by atoms with Gasteiger partial charge in [0.1, 0.15) is 0 Å². The molecule has 1 saturated heterocycles. The SMILES string of the molecule is COC(=O)C1CC(N2CCC(C3=CC(C)c4ncc(C5=Cc6cc(C)c(CC(=O)O)c(-c7ccc(Cl)cc7)c6C5)cc43)CC2)C1. The highest BCUT2D eigenvalue weighted by Gasteiger charge is 2.40. The van der Waals surface area contributed by atoms with Crippen molar-refractivity contribution in [2.45, 2.75) is 64.3 Å². The molecule has 3 aliphatic carbocycles. The molecule has 1 aliphatic heterocycles. The number of carboxylic acid groups (broad SMARTS) is 1. The number of halogens is 1. The van der Waals surface area contributed by atoms with E-state index in [1.165, 1.54) is 23.8 Å². The average molecular weight is 623 g/mol. The lowest BCUT2D eigenvalue weighted by Gasteiger charge is -2.45. The highest BCUT2D eigenvalue weighted by Crippen LogP contribution is 2.46. The summed E-state index contributed by atoms with van der Waals surface area (Å²) in [6.45, 7) is 6.37. The number of methoxy groups -OCH3 is 1. The summed E-state index contributed by atoms with van der Waals surface area (Å²) in [7, 11) is 1.48. The fourth-order valence-electron chi connectivity index (χ4n) is 8.07. The van der Waals surface area contributed by atoms with Crippen molar-refractivity contribution in [2.75, 3.05) is 20.2 Å². The lowest BCUT2D eigenvalue weighted by Crippen LogP contribution is -2.50. The van der Waals surface area contributed by atoms with Gasteiger partial charge in [-0.2, -0.15) is 0 Å². The predicted molar refractivity (Wildman–Crippen MR) is 178 cm³/mol. The van der Waals surface area contributed by atoms with Crippen LogP contribution in [-0.4, -0.2) is 53.2 Å². The Bertz CT molecular complexity index is 1740. The summed E-state index contributed by atoms with van der Waals surface area (Å²) in [4.78, 5) is 31.3. The number of aryl methyl sites for hydroxylation is 1. The van der Waals surface area contributed by atoms with Crippen LogP contribution in [0.2, 0.25) is 5.02 Å². The molecule has 3 aromatic rings. The standard InChI is InChI=1S/C38H39ClN2O4/c1-21-12-26-14-25(17-33(26)36(31(21)19-35(42)43)24-4-6-29(39)7-5-24)28-18-34-32(13-22(2)37(34)40-20-28)23-8-10-41(11-9-23)30-15-27(16-30)38(44)45-3/h4-7,12-14,18,20,22-23,27,30H,8-11,15-17,19H2,1-3H3,(H,42,43). The largest absolute Gasteiger partial charge is 0.481 e. The van der Waals surface area contributed by atoms with E-state index < -0.39 is 5.97 Å². The van der Waals surface area contributed by atoms with Crippen LogP contribution in [0.5, 0.6) is 0 Å². The van der Waals surface area contributed by atoms with Gasteiger partial charge in [-0.25, -0.2) is 0 Å². The Labute approximate surface area is 269 Å². The predicted octanol–water partition coefficient (Wildman–Crippen LogP) is 7.60. The second kappa shape index (κ2) is 11.9. The van der Waals surface area contributed by atoms with E-state index in [0.29, 0.717) is 22.9 Å². The quantitative estimate of drug-likeness (QED) is 0.273. The number of fused-ring (bicyclic) bond motifs is 2. The Kier molecular flexibility index (Phi) is 7.91. The fraction of sp³-hybridized carbons (Fsp3) is 0.395. The smallest absolute Gasteiger partial charge is 0.308 e. The number of carboxylic acids is 1. The Balaban J connectivity index is 1.13. The summed E-state index contributed by atoms with van der Waals surface area (Å²) in [6, 6.07) is 12.7. The highest BCUT2D eigenvalue weighted by molar-refractivity contribution is 6.30. The molecule has 1 aromatic heterocycles. The van der Waals surface area contributed by atoms with Crippen LogP contribution < -0.4 is 0 Å². The number of allylic oxidation sites excluding steroid dienone is 3. The van der Waals surface area contributed by atoms with Crippen molar-refractivity contribution < 1.29 is 19.4 Å². The molecule has 0 spiro atoms. The van der Waals surface area contributed by atoms with E-state index in [0.717, 1.165) is 89.8 Å². The van der Waals surface area contributed by atoms with Crippen LogP contribution >= 0.6 is 11.6 Å². The second-order valence-corrected chi connectivity index (χ2v) is 13.7. The zero-order valence-electron chi connectivity index (χ0n) is 26.1. The molecule has 0 amide bonds. The molecule has 7 heteroatoms. The first kappa shape index (κ1) is 29.9. The minimum Gasteiger partial charge on any atom is -0.481 e. The topological polar surface area (TPSA) is 79.7 Å². The van der Waals surface area contributed by atoms with E-state index in [9.17, 15) is 14.7 Å². The third-order valence-corrected chi connectivity index (χ3v) is 10.8.